The van der Waals surface area contributed by atoms with Crippen molar-refractivity contribution in [1.29, 1.82) is 0 Å². The zero-order chi connectivity index (χ0) is 13.6. The summed E-state index contributed by atoms with van der Waals surface area (Å²) in [6.07, 6.45) is 0. The lowest BCUT2D eigenvalue weighted by atomic mass is 9.97. The van der Waals surface area contributed by atoms with Gasteiger partial charge in [0.15, 0.2) is 11.5 Å². The molecule has 1 unspecified atom stereocenters. The summed E-state index contributed by atoms with van der Waals surface area (Å²) in [6, 6.07) is 5.75. The first-order chi connectivity index (χ1) is 8.99. The normalized spacial score (nSPS) is 24.7. The van der Waals surface area contributed by atoms with E-state index >= 15 is 0 Å². The summed E-state index contributed by atoms with van der Waals surface area (Å²) >= 11 is 0. The highest BCUT2D eigenvalue weighted by Crippen LogP contribution is 2.37. The van der Waals surface area contributed by atoms with Crippen LogP contribution in [0.3, 0.4) is 0 Å². The first-order valence-corrected chi connectivity index (χ1v) is 6.47. The van der Waals surface area contributed by atoms with Crippen LogP contribution in [0.1, 0.15) is 20.8 Å². The fourth-order valence-electron chi connectivity index (χ4n) is 2.48. The second kappa shape index (κ2) is 4.13. The Labute approximate surface area is 112 Å². The summed E-state index contributed by atoms with van der Waals surface area (Å²) in [5, 5.41) is 3.26. The SMILES string of the molecule is CC1CNC(C)(C)C(=O)N1c1ccc2c(c1)OCO2. The van der Waals surface area contributed by atoms with Crippen LogP contribution in [-0.2, 0) is 4.79 Å². The van der Waals surface area contributed by atoms with Crippen LogP contribution in [0.2, 0.25) is 0 Å². The molecule has 0 spiro atoms. The molecule has 3 rings (SSSR count). The summed E-state index contributed by atoms with van der Waals surface area (Å²) < 4.78 is 10.7. The standard InChI is InChI=1S/C14H18N2O3/c1-9-7-15-14(2,3)13(17)16(9)10-4-5-11-12(6-10)19-8-18-11/h4-6,9,15H,7-8H2,1-3H3. The van der Waals surface area contributed by atoms with E-state index in [1.165, 1.54) is 0 Å². The third-order valence-corrected chi connectivity index (χ3v) is 3.67. The number of benzene rings is 1. The van der Waals surface area contributed by atoms with E-state index in [2.05, 4.69) is 5.32 Å². The fourth-order valence-corrected chi connectivity index (χ4v) is 2.48. The predicted molar refractivity (Wildman–Crippen MR) is 71.6 cm³/mol. The number of anilines is 1. The molecule has 1 amide bonds. The monoisotopic (exact) mass is 262 g/mol. The van der Waals surface area contributed by atoms with Gasteiger partial charge in [0, 0.05) is 24.3 Å². The summed E-state index contributed by atoms with van der Waals surface area (Å²) in [4.78, 5) is 14.4. The quantitative estimate of drug-likeness (QED) is 0.833. The molecular formula is C14H18N2O3. The molecule has 19 heavy (non-hydrogen) atoms. The maximum Gasteiger partial charge on any atom is 0.247 e. The molecule has 1 aromatic rings. The maximum atomic E-state index is 12.5. The van der Waals surface area contributed by atoms with Crippen LogP contribution < -0.4 is 19.7 Å². The average molecular weight is 262 g/mol. The molecule has 102 valence electrons. The van der Waals surface area contributed by atoms with E-state index in [4.69, 9.17) is 9.47 Å². The molecule has 0 radical (unpaired) electrons. The minimum absolute atomic E-state index is 0.0742. The van der Waals surface area contributed by atoms with Gasteiger partial charge < -0.3 is 19.7 Å². The minimum Gasteiger partial charge on any atom is -0.454 e. The molecule has 1 fully saturated rings. The summed E-state index contributed by atoms with van der Waals surface area (Å²) in [6.45, 7) is 6.86. The van der Waals surface area contributed by atoms with E-state index < -0.39 is 5.54 Å². The zero-order valence-corrected chi connectivity index (χ0v) is 11.4. The highest BCUT2D eigenvalue weighted by atomic mass is 16.7. The van der Waals surface area contributed by atoms with Crippen LogP contribution in [0.4, 0.5) is 5.69 Å². The second-order valence-electron chi connectivity index (χ2n) is 5.57. The maximum absolute atomic E-state index is 12.5. The predicted octanol–water partition coefficient (Wildman–Crippen LogP) is 1.52. The number of nitrogens with one attached hydrogen (secondary N) is 1. The highest BCUT2D eigenvalue weighted by molar-refractivity contribution is 6.01. The van der Waals surface area contributed by atoms with Crippen LogP contribution in [0.25, 0.3) is 0 Å². The molecule has 0 saturated carbocycles. The van der Waals surface area contributed by atoms with Gasteiger partial charge in [-0.1, -0.05) is 0 Å². The molecule has 5 nitrogen and oxygen atoms in total. The Balaban J connectivity index is 1.97. The van der Waals surface area contributed by atoms with E-state index in [0.29, 0.717) is 5.75 Å². The van der Waals surface area contributed by atoms with Crippen molar-refractivity contribution < 1.29 is 14.3 Å². The number of rotatable bonds is 1. The molecule has 1 aromatic carbocycles. The van der Waals surface area contributed by atoms with Gasteiger partial charge >= 0.3 is 0 Å². The largest absolute Gasteiger partial charge is 0.454 e. The smallest absolute Gasteiger partial charge is 0.247 e. The second-order valence-corrected chi connectivity index (χ2v) is 5.57. The van der Waals surface area contributed by atoms with Gasteiger partial charge in [0.05, 0.1) is 5.54 Å². The van der Waals surface area contributed by atoms with E-state index in [1.807, 2.05) is 43.9 Å². The molecule has 1 saturated heterocycles. The summed E-state index contributed by atoms with van der Waals surface area (Å²) in [7, 11) is 0. The number of hydrogen-bond donors (Lipinski definition) is 1. The Hall–Kier alpha value is -1.75. The van der Waals surface area contributed by atoms with Gasteiger partial charge in [-0.15, -0.1) is 0 Å². The van der Waals surface area contributed by atoms with Gasteiger partial charge in [-0.3, -0.25) is 4.79 Å². The van der Waals surface area contributed by atoms with Crippen molar-refractivity contribution in [3.8, 4) is 11.5 Å². The highest BCUT2D eigenvalue weighted by Gasteiger charge is 2.39. The Kier molecular flexibility index (Phi) is 2.67. The van der Waals surface area contributed by atoms with E-state index in [1.54, 1.807) is 0 Å². The van der Waals surface area contributed by atoms with Crippen molar-refractivity contribution in [1.82, 2.24) is 5.32 Å². The van der Waals surface area contributed by atoms with Crippen LogP contribution >= 0.6 is 0 Å². The Morgan fingerprint density at radius 2 is 2.05 bits per heavy atom. The summed E-state index contributed by atoms with van der Waals surface area (Å²) in [5.74, 6) is 1.51. The van der Waals surface area contributed by atoms with Crippen molar-refractivity contribution in [3.63, 3.8) is 0 Å². The lowest BCUT2D eigenvalue weighted by Gasteiger charge is -2.42. The summed E-state index contributed by atoms with van der Waals surface area (Å²) in [5.41, 5.74) is 0.319. The third kappa shape index (κ3) is 1.94. The Morgan fingerprint density at radius 3 is 2.84 bits per heavy atom. The van der Waals surface area contributed by atoms with Crippen molar-refractivity contribution in [3.05, 3.63) is 18.2 Å². The van der Waals surface area contributed by atoms with Crippen molar-refractivity contribution in [2.75, 3.05) is 18.2 Å². The van der Waals surface area contributed by atoms with Crippen LogP contribution in [0.15, 0.2) is 18.2 Å². The van der Waals surface area contributed by atoms with Gasteiger partial charge in [-0.25, -0.2) is 0 Å². The van der Waals surface area contributed by atoms with Crippen LogP contribution in [0, 0.1) is 0 Å². The molecule has 2 aliphatic heterocycles. The van der Waals surface area contributed by atoms with Crippen molar-refractivity contribution in [2.45, 2.75) is 32.4 Å². The first kappa shape index (κ1) is 12.3. The molecule has 0 aliphatic carbocycles. The zero-order valence-electron chi connectivity index (χ0n) is 11.4. The molecule has 0 aromatic heterocycles. The Bertz CT molecular complexity index is 527. The van der Waals surface area contributed by atoms with Gasteiger partial charge in [0.25, 0.3) is 0 Å². The number of hydrogen-bond acceptors (Lipinski definition) is 4. The lowest BCUT2D eigenvalue weighted by molar-refractivity contribution is -0.125. The Morgan fingerprint density at radius 1 is 1.32 bits per heavy atom. The van der Waals surface area contributed by atoms with Crippen LogP contribution in [-0.4, -0.2) is 30.8 Å². The number of amides is 1. The van der Waals surface area contributed by atoms with Gasteiger partial charge in [0.1, 0.15) is 0 Å². The molecule has 5 heteroatoms. The van der Waals surface area contributed by atoms with Gasteiger partial charge in [-0.05, 0) is 32.9 Å². The fraction of sp³-hybridized carbons (Fsp3) is 0.500. The molecule has 0 bridgehead atoms. The first-order valence-electron chi connectivity index (χ1n) is 6.47. The van der Waals surface area contributed by atoms with E-state index in [0.717, 1.165) is 18.0 Å². The average Bonchev–Trinajstić information content (AvgIpc) is 2.82. The molecular weight excluding hydrogens is 244 g/mol. The van der Waals surface area contributed by atoms with Crippen LogP contribution in [0.5, 0.6) is 11.5 Å². The number of ether oxygens (including phenoxy) is 2. The molecule has 1 atom stereocenters. The molecule has 2 aliphatic rings. The molecule has 2 heterocycles. The van der Waals surface area contributed by atoms with Crippen molar-refractivity contribution >= 4 is 11.6 Å². The van der Waals surface area contributed by atoms with Gasteiger partial charge in [-0.2, -0.15) is 0 Å². The van der Waals surface area contributed by atoms with E-state index in [9.17, 15) is 4.79 Å². The number of piperazine rings is 1. The van der Waals surface area contributed by atoms with E-state index in [-0.39, 0.29) is 18.7 Å². The molecule has 1 N–H and O–H groups in total. The third-order valence-electron chi connectivity index (χ3n) is 3.67. The van der Waals surface area contributed by atoms with Gasteiger partial charge in [0.2, 0.25) is 12.7 Å². The number of nitrogens with zero attached hydrogens (tertiary/aromatic N) is 1. The topological polar surface area (TPSA) is 50.8 Å². The number of carbonyl (C=O) groups excluding carboxylic acids is 1. The number of carbonyl (C=O) groups is 1. The van der Waals surface area contributed by atoms with Crippen molar-refractivity contribution in [2.24, 2.45) is 0 Å². The lowest BCUT2D eigenvalue weighted by Crippen LogP contribution is -2.64. The number of fused-ring (bicyclic) bond motifs is 1. The minimum atomic E-state index is -0.539.